The van der Waals surface area contributed by atoms with Gasteiger partial charge in [-0.15, -0.1) is 24.8 Å². The normalized spacial score (nSPS) is 20.9. The van der Waals surface area contributed by atoms with Crippen LogP contribution in [0.4, 0.5) is 0 Å². The molecule has 0 unspecified atom stereocenters. The number of nitrogens with zero attached hydrogens (tertiary/aromatic N) is 2. The largest absolute Gasteiger partial charge is 0.300 e. The summed E-state index contributed by atoms with van der Waals surface area (Å²) < 4.78 is 0. The van der Waals surface area contributed by atoms with Crippen molar-refractivity contribution < 1.29 is 0 Å². The molecule has 2 aliphatic heterocycles. The Labute approximate surface area is 192 Å². The summed E-state index contributed by atoms with van der Waals surface area (Å²) in [6.45, 7) is 5.77. The monoisotopic (exact) mass is 440 g/mol. The van der Waals surface area contributed by atoms with Crippen molar-refractivity contribution in [1.82, 2.24) is 9.80 Å². The molecule has 5 rings (SSSR count). The molecule has 2 aliphatic rings. The molecule has 2 nitrogen and oxygen atoms in total. The Hall–Kier alpha value is -1.84. The second-order valence-corrected chi connectivity index (χ2v) is 8.14. The van der Waals surface area contributed by atoms with Crippen LogP contribution in [0.2, 0.25) is 0 Å². The Morgan fingerprint density at radius 2 is 1.30 bits per heavy atom. The molecule has 0 N–H and O–H groups in total. The predicted octanol–water partition coefficient (Wildman–Crippen LogP) is 5.58. The average Bonchev–Trinajstić information content (AvgIpc) is 2.78. The lowest BCUT2D eigenvalue weighted by molar-refractivity contribution is 0.0633. The van der Waals surface area contributed by atoms with Crippen molar-refractivity contribution in [2.24, 2.45) is 0 Å². The van der Waals surface area contributed by atoms with E-state index in [9.17, 15) is 0 Å². The van der Waals surface area contributed by atoms with Gasteiger partial charge in [-0.2, -0.15) is 0 Å². The number of hydrogen-bond donors (Lipinski definition) is 0. The predicted molar refractivity (Wildman–Crippen MR) is 130 cm³/mol. The standard InChI is InChI=1S/C26H28N2.2ClH/c1-3-9-21(10-4-1)15-16-27-17-18-28-19-25(22-11-5-2-6-12-22)23-13-7-8-14-24(23)26(28)20-27;;/h1-14,25-26H,15-20H2;2*1H/t25-,26-;;/m1../s1. The van der Waals surface area contributed by atoms with Gasteiger partial charge in [-0.05, 0) is 28.7 Å². The lowest BCUT2D eigenvalue weighted by atomic mass is 9.80. The maximum absolute atomic E-state index is 2.72. The molecule has 2 heterocycles. The highest BCUT2D eigenvalue weighted by molar-refractivity contribution is 5.85. The molecule has 2 atom stereocenters. The first-order valence-corrected chi connectivity index (χ1v) is 10.5. The van der Waals surface area contributed by atoms with Crippen LogP contribution in [-0.2, 0) is 6.42 Å². The zero-order valence-electron chi connectivity index (χ0n) is 17.2. The molecule has 0 amide bonds. The van der Waals surface area contributed by atoms with Crippen LogP contribution in [0.1, 0.15) is 34.2 Å². The van der Waals surface area contributed by atoms with Gasteiger partial charge in [-0.1, -0.05) is 84.9 Å². The van der Waals surface area contributed by atoms with E-state index in [0.29, 0.717) is 12.0 Å². The van der Waals surface area contributed by atoms with Crippen molar-refractivity contribution in [3.8, 4) is 0 Å². The Morgan fingerprint density at radius 3 is 2.03 bits per heavy atom. The Morgan fingerprint density at radius 1 is 0.667 bits per heavy atom. The molecule has 0 bridgehead atoms. The molecule has 3 aromatic rings. The molecule has 0 radical (unpaired) electrons. The number of piperazine rings is 1. The lowest BCUT2D eigenvalue weighted by Crippen LogP contribution is -2.52. The molecule has 4 heteroatoms. The van der Waals surface area contributed by atoms with E-state index in [-0.39, 0.29) is 24.8 Å². The number of rotatable bonds is 4. The minimum atomic E-state index is 0. The minimum absolute atomic E-state index is 0. The van der Waals surface area contributed by atoms with Gasteiger partial charge in [-0.3, -0.25) is 9.80 Å². The Bertz CT molecular complexity index is 917. The van der Waals surface area contributed by atoms with Gasteiger partial charge in [0.15, 0.2) is 0 Å². The molecule has 0 saturated carbocycles. The molecule has 0 spiro atoms. The highest BCUT2D eigenvalue weighted by Gasteiger charge is 2.36. The van der Waals surface area contributed by atoms with E-state index in [1.54, 1.807) is 0 Å². The Balaban J connectivity index is 0.00000128. The molecule has 30 heavy (non-hydrogen) atoms. The van der Waals surface area contributed by atoms with Gasteiger partial charge in [0.05, 0.1) is 0 Å². The molecule has 1 saturated heterocycles. The third kappa shape index (κ3) is 4.73. The number of halogens is 2. The summed E-state index contributed by atoms with van der Waals surface area (Å²) in [4.78, 5) is 5.38. The fraction of sp³-hybridized carbons (Fsp3) is 0.308. The van der Waals surface area contributed by atoms with Gasteiger partial charge < -0.3 is 0 Å². The summed E-state index contributed by atoms with van der Waals surface area (Å²) in [7, 11) is 0. The van der Waals surface area contributed by atoms with Gasteiger partial charge in [0.25, 0.3) is 0 Å². The zero-order chi connectivity index (χ0) is 18.8. The van der Waals surface area contributed by atoms with Crippen LogP contribution in [0, 0.1) is 0 Å². The van der Waals surface area contributed by atoms with Crippen molar-refractivity contribution in [3.63, 3.8) is 0 Å². The smallest absolute Gasteiger partial charge is 0.0479 e. The first-order valence-electron chi connectivity index (χ1n) is 10.5. The van der Waals surface area contributed by atoms with E-state index in [1.807, 2.05) is 0 Å². The van der Waals surface area contributed by atoms with Crippen LogP contribution in [0.25, 0.3) is 0 Å². The maximum Gasteiger partial charge on any atom is 0.0479 e. The van der Waals surface area contributed by atoms with Crippen molar-refractivity contribution in [3.05, 3.63) is 107 Å². The van der Waals surface area contributed by atoms with Gasteiger partial charge in [0.1, 0.15) is 0 Å². The van der Waals surface area contributed by atoms with Gasteiger partial charge in [0, 0.05) is 44.7 Å². The molecule has 0 aliphatic carbocycles. The van der Waals surface area contributed by atoms with E-state index in [0.717, 1.165) is 32.6 Å². The van der Waals surface area contributed by atoms with E-state index >= 15 is 0 Å². The van der Waals surface area contributed by atoms with E-state index < -0.39 is 0 Å². The summed E-state index contributed by atoms with van der Waals surface area (Å²) in [5.41, 5.74) is 5.95. The second kappa shape index (κ2) is 10.5. The zero-order valence-corrected chi connectivity index (χ0v) is 18.8. The van der Waals surface area contributed by atoms with Crippen molar-refractivity contribution in [1.29, 1.82) is 0 Å². The van der Waals surface area contributed by atoms with Crippen LogP contribution in [0.3, 0.4) is 0 Å². The molecule has 3 aromatic carbocycles. The van der Waals surface area contributed by atoms with Crippen molar-refractivity contribution in [2.45, 2.75) is 18.4 Å². The Kier molecular flexibility index (Phi) is 7.96. The van der Waals surface area contributed by atoms with Crippen LogP contribution in [0.15, 0.2) is 84.9 Å². The first-order chi connectivity index (χ1) is 13.9. The van der Waals surface area contributed by atoms with Crippen LogP contribution < -0.4 is 0 Å². The van der Waals surface area contributed by atoms with Crippen molar-refractivity contribution in [2.75, 3.05) is 32.7 Å². The minimum Gasteiger partial charge on any atom is -0.300 e. The molecular weight excluding hydrogens is 411 g/mol. The molecule has 158 valence electrons. The second-order valence-electron chi connectivity index (χ2n) is 8.14. The van der Waals surface area contributed by atoms with Gasteiger partial charge in [-0.25, -0.2) is 0 Å². The summed E-state index contributed by atoms with van der Waals surface area (Å²) in [5.74, 6) is 0.490. The summed E-state index contributed by atoms with van der Waals surface area (Å²) in [6, 6.07) is 31.6. The number of benzene rings is 3. The summed E-state index contributed by atoms with van der Waals surface area (Å²) in [5, 5.41) is 0. The number of hydrogen-bond acceptors (Lipinski definition) is 2. The summed E-state index contributed by atoms with van der Waals surface area (Å²) >= 11 is 0. The van der Waals surface area contributed by atoms with Gasteiger partial charge in [0.2, 0.25) is 0 Å². The third-order valence-electron chi connectivity index (χ3n) is 6.48. The fourth-order valence-electron chi connectivity index (χ4n) is 4.96. The fourth-order valence-corrected chi connectivity index (χ4v) is 4.96. The highest BCUT2D eigenvalue weighted by Crippen LogP contribution is 2.40. The molecule has 1 fully saturated rings. The van der Waals surface area contributed by atoms with Crippen LogP contribution in [0.5, 0.6) is 0 Å². The number of fused-ring (bicyclic) bond motifs is 3. The van der Waals surface area contributed by atoms with E-state index in [1.165, 1.54) is 28.8 Å². The highest BCUT2D eigenvalue weighted by atomic mass is 35.5. The average molecular weight is 441 g/mol. The topological polar surface area (TPSA) is 6.48 Å². The van der Waals surface area contributed by atoms with Crippen LogP contribution in [-0.4, -0.2) is 42.5 Å². The van der Waals surface area contributed by atoms with E-state index in [2.05, 4.69) is 94.7 Å². The van der Waals surface area contributed by atoms with Crippen molar-refractivity contribution >= 4 is 24.8 Å². The molecule has 0 aromatic heterocycles. The third-order valence-corrected chi connectivity index (χ3v) is 6.48. The van der Waals surface area contributed by atoms with Gasteiger partial charge >= 0.3 is 0 Å². The van der Waals surface area contributed by atoms with E-state index in [4.69, 9.17) is 0 Å². The SMILES string of the molecule is Cl.Cl.c1ccc(CCN2CCN3C[C@H](c4ccccc4)c4ccccc4[C@H]3C2)cc1. The van der Waals surface area contributed by atoms with Crippen LogP contribution >= 0.6 is 24.8 Å². The lowest BCUT2D eigenvalue weighted by Gasteiger charge is -2.47. The quantitative estimate of drug-likeness (QED) is 0.522. The summed E-state index contributed by atoms with van der Waals surface area (Å²) in [6.07, 6.45) is 1.14. The maximum atomic E-state index is 2.72. The molecular formula is C26H30Cl2N2. The first kappa shape index (κ1) is 22.8.